The Kier molecular flexibility index (Phi) is 4.75. The predicted octanol–water partition coefficient (Wildman–Crippen LogP) is 4.91. The Labute approximate surface area is 125 Å². The fraction of sp³-hybridized carbons (Fsp3) is 0.0714. The van der Waals surface area contributed by atoms with Gasteiger partial charge in [0.15, 0.2) is 0 Å². The first-order valence-electron chi connectivity index (χ1n) is 5.47. The molecule has 2 nitrogen and oxygen atoms in total. The molecule has 0 amide bonds. The van der Waals surface area contributed by atoms with Gasteiger partial charge in [0.05, 0.1) is 0 Å². The lowest BCUT2D eigenvalue weighted by Crippen LogP contribution is -2.07. The minimum Gasteiger partial charge on any atom is -0.480 e. The fourth-order valence-electron chi connectivity index (χ4n) is 1.62. The second kappa shape index (κ2) is 6.33. The molecule has 0 radical (unpaired) electrons. The van der Waals surface area contributed by atoms with Gasteiger partial charge < -0.3 is 5.11 Å². The van der Waals surface area contributed by atoms with Gasteiger partial charge in [0.25, 0.3) is 0 Å². The molecule has 1 atom stereocenters. The maximum atomic E-state index is 11.4. The highest BCUT2D eigenvalue weighted by atomic mass is 35.5. The number of halogens is 2. The number of hydrogen-bond donors (Lipinski definition) is 1. The molecule has 1 unspecified atom stereocenters. The van der Waals surface area contributed by atoms with Crippen molar-refractivity contribution >= 4 is 40.9 Å². The molecule has 0 saturated carbocycles. The van der Waals surface area contributed by atoms with Crippen LogP contribution in [0.15, 0.2) is 53.4 Å². The fourth-order valence-corrected chi connectivity index (χ4v) is 3.33. The third kappa shape index (κ3) is 3.90. The van der Waals surface area contributed by atoms with Crippen molar-refractivity contribution in [2.24, 2.45) is 0 Å². The van der Waals surface area contributed by atoms with Crippen molar-refractivity contribution in [2.45, 2.75) is 10.1 Å². The van der Waals surface area contributed by atoms with Crippen molar-refractivity contribution in [3.05, 3.63) is 64.1 Å². The summed E-state index contributed by atoms with van der Waals surface area (Å²) in [5, 5.41) is 9.64. The van der Waals surface area contributed by atoms with Crippen LogP contribution in [0.25, 0.3) is 0 Å². The molecule has 0 heterocycles. The first-order valence-corrected chi connectivity index (χ1v) is 7.10. The summed E-state index contributed by atoms with van der Waals surface area (Å²) < 4.78 is 0. The number of rotatable bonds is 4. The molecule has 0 aliphatic heterocycles. The molecule has 2 aromatic carbocycles. The van der Waals surface area contributed by atoms with E-state index in [-0.39, 0.29) is 0 Å². The average molecular weight is 313 g/mol. The van der Waals surface area contributed by atoms with E-state index in [0.717, 1.165) is 10.5 Å². The number of carboxylic acid groups (broad SMARTS) is 1. The Hall–Kier alpha value is -1.16. The van der Waals surface area contributed by atoms with E-state index < -0.39 is 11.2 Å². The van der Waals surface area contributed by atoms with Gasteiger partial charge in [0.2, 0.25) is 0 Å². The first kappa shape index (κ1) is 14.3. The Morgan fingerprint density at radius 2 is 1.63 bits per heavy atom. The third-order valence-corrected chi connectivity index (χ3v) is 4.07. The standard InChI is InChI=1S/C14H10Cl2O2S/c15-10-6-11(16)8-12(7-10)19-13(14(17)18)9-4-2-1-3-5-9/h1-8,13H,(H,17,18). The van der Waals surface area contributed by atoms with Crippen LogP contribution in [0.1, 0.15) is 10.8 Å². The molecule has 2 aromatic rings. The van der Waals surface area contributed by atoms with E-state index in [0.29, 0.717) is 10.0 Å². The first-order chi connectivity index (χ1) is 9.06. The number of carboxylic acids is 1. The van der Waals surface area contributed by atoms with Crippen LogP contribution in [0.5, 0.6) is 0 Å². The summed E-state index contributed by atoms with van der Waals surface area (Å²) in [6.45, 7) is 0. The molecular weight excluding hydrogens is 303 g/mol. The van der Waals surface area contributed by atoms with E-state index >= 15 is 0 Å². The van der Waals surface area contributed by atoms with Crippen LogP contribution < -0.4 is 0 Å². The zero-order valence-electron chi connectivity index (χ0n) is 9.72. The van der Waals surface area contributed by atoms with Gasteiger partial charge in [-0.25, -0.2) is 0 Å². The summed E-state index contributed by atoms with van der Waals surface area (Å²) in [5.74, 6) is -0.896. The maximum Gasteiger partial charge on any atom is 0.321 e. The Balaban J connectivity index is 2.29. The Bertz CT molecular complexity index is 567. The van der Waals surface area contributed by atoms with Gasteiger partial charge in [-0.3, -0.25) is 4.79 Å². The number of benzene rings is 2. The lowest BCUT2D eigenvalue weighted by Gasteiger charge is -2.12. The summed E-state index contributed by atoms with van der Waals surface area (Å²) in [4.78, 5) is 12.1. The minimum atomic E-state index is -0.896. The number of hydrogen-bond acceptors (Lipinski definition) is 2. The molecule has 0 aromatic heterocycles. The summed E-state index contributed by atoms with van der Waals surface area (Å²) in [7, 11) is 0. The molecule has 0 saturated heterocycles. The molecule has 1 N–H and O–H groups in total. The molecule has 0 bridgehead atoms. The second-order valence-electron chi connectivity index (χ2n) is 3.85. The van der Waals surface area contributed by atoms with Crippen molar-refractivity contribution < 1.29 is 9.90 Å². The van der Waals surface area contributed by atoms with Crippen molar-refractivity contribution in [3.63, 3.8) is 0 Å². The monoisotopic (exact) mass is 312 g/mol. The molecule has 2 rings (SSSR count). The van der Waals surface area contributed by atoms with Gasteiger partial charge in [-0.05, 0) is 23.8 Å². The molecule has 0 aliphatic rings. The summed E-state index contributed by atoms with van der Waals surface area (Å²) >= 11 is 13.0. The van der Waals surface area contributed by atoms with Gasteiger partial charge in [-0.2, -0.15) is 0 Å². The van der Waals surface area contributed by atoms with Crippen LogP contribution in [-0.2, 0) is 4.79 Å². The van der Waals surface area contributed by atoms with Gasteiger partial charge in [-0.1, -0.05) is 53.5 Å². The smallest absolute Gasteiger partial charge is 0.321 e. The second-order valence-corrected chi connectivity index (χ2v) is 5.90. The number of thioether (sulfide) groups is 1. The lowest BCUT2D eigenvalue weighted by atomic mass is 10.1. The van der Waals surface area contributed by atoms with E-state index in [1.165, 1.54) is 11.8 Å². The van der Waals surface area contributed by atoms with E-state index in [9.17, 15) is 9.90 Å². The molecular formula is C14H10Cl2O2S. The van der Waals surface area contributed by atoms with Crippen molar-refractivity contribution in [1.82, 2.24) is 0 Å². The topological polar surface area (TPSA) is 37.3 Å². The summed E-state index contributed by atoms with van der Waals surface area (Å²) in [6.07, 6.45) is 0. The van der Waals surface area contributed by atoms with Gasteiger partial charge in [-0.15, -0.1) is 11.8 Å². The van der Waals surface area contributed by atoms with Gasteiger partial charge in [0, 0.05) is 14.9 Å². The number of carbonyl (C=O) groups is 1. The van der Waals surface area contributed by atoms with E-state index in [1.807, 2.05) is 18.2 Å². The van der Waals surface area contributed by atoms with E-state index in [2.05, 4.69) is 0 Å². The normalized spacial score (nSPS) is 12.1. The maximum absolute atomic E-state index is 11.4. The molecule has 0 spiro atoms. The number of aliphatic carboxylic acids is 1. The average Bonchev–Trinajstić information content (AvgIpc) is 2.35. The largest absolute Gasteiger partial charge is 0.480 e. The zero-order valence-corrected chi connectivity index (χ0v) is 12.0. The van der Waals surface area contributed by atoms with Crippen LogP contribution in [0, 0.1) is 0 Å². The van der Waals surface area contributed by atoms with Crippen LogP contribution in [-0.4, -0.2) is 11.1 Å². The molecule has 5 heteroatoms. The highest BCUT2D eigenvalue weighted by Gasteiger charge is 2.21. The van der Waals surface area contributed by atoms with Gasteiger partial charge in [0.1, 0.15) is 5.25 Å². The molecule has 0 aliphatic carbocycles. The highest BCUT2D eigenvalue weighted by molar-refractivity contribution is 8.00. The third-order valence-electron chi connectivity index (χ3n) is 2.42. The van der Waals surface area contributed by atoms with Gasteiger partial charge >= 0.3 is 5.97 Å². The minimum absolute atomic E-state index is 0.493. The quantitative estimate of drug-likeness (QED) is 0.815. The molecule has 98 valence electrons. The Morgan fingerprint density at radius 1 is 1.05 bits per heavy atom. The highest BCUT2D eigenvalue weighted by Crippen LogP contribution is 2.37. The summed E-state index contributed by atoms with van der Waals surface area (Å²) in [5.41, 5.74) is 0.732. The Morgan fingerprint density at radius 3 is 2.16 bits per heavy atom. The van der Waals surface area contributed by atoms with Crippen molar-refractivity contribution in [3.8, 4) is 0 Å². The van der Waals surface area contributed by atoms with Crippen LogP contribution in [0.2, 0.25) is 10.0 Å². The molecule has 19 heavy (non-hydrogen) atoms. The van der Waals surface area contributed by atoms with Crippen molar-refractivity contribution in [1.29, 1.82) is 0 Å². The van der Waals surface area contributed by atoms with E-state index in [1.54, 1.807) is 30.3 Å². The van der Waals surface area contributed by atoms with E-state index in [4.69, 9.17) is 23.2 Å². The summed E-state index contributed by atoms with van der Waals surface area (Å²) in [6, 6.07) is 14.1. The van der Waals surface area contributed by atoms with Crippen molar-refractivity contribution in [2.75, 3.05) is 0 Å². The molecule has 0 fully saturated rings. The SMILES string of the molecule is O=C(O)C(Sc1cc(Cl)cc(Cl)c1)c1ccccc1. The van der Waals surface area contributed by atoms with Crippen LogP contribution in [0.3, 0.4) is 0 Å². The lowest BCUT2D eigenvalue weighted by molar-refractivity contribution is -0.136. The predicted molar refractivity (Wildman–Crippen MR) is 79.1 cm³/mol. The zero-order chi connectivity index (χ0) is 13.8. The van der Waals surface area contributed by atoms with Crippen LogP contribution in [0.4, 0.5) is 0 Å². The van der Waals surface area contributed by atoms with Crippen LogP contribution >= 0.6 is 35.0 Å².